The van der Waals surface area contributed by atoms with E-state index >= 15 is 0 Å². The van der Waals surface area contributed by atoms with Gasteiger partial charge in [0, 0.05) is 5.92 Å². The van der Waals surface area contributed by atoms with Gasteiger partial charge in [-0.05, 0) is 34.1 Å². The molecule has 0 spiro atoms. The topological polar surface area (TPSA) is 64.6 Å². The van der Waals surface area contributed by atoms with E-state index in [-0.39, 0.29) is 12.5 Å². The number of alkyl carbamates (subject to hydrolysis) is 1. The minimum atomic E-state index is -0.986. The van der Waals surface area contributed by atoms with E-state index in [0.717, 1.165) is 0 Å². The fourth-order valence-corrected chi connectivity index (χ4v) is 1.75. The second kappa shape index (κ2) is 5.00. The van der Waals surface area contributed by atoms with Crippen molar-refractivity contribution >= 4 is 12.1 Å². The molecule has 1 aliphatic rings. The van der Waals surface area contributed by atoms with Crippen molar-refractivity contribution in [2.24, 2.45) is 5.92 Å². The van der Waals surface area contributed by atoms with Crippen LogP contribution in [0.5, 0.6) is 0 Å². The van der Waals surface area contributed by atoms with Crippen molar-refractivity contribution in [3.8, 4) is 0 Å². The predicted octanol–water partition coefficient (Wildman–Crippen LogP) is 2.02. The van der Waals surface area contributed by atoms with E-state index in [1.54, 1.807) is 33.8 Å². The number of hydrogen-bond donors (Lipinski definition) is 1. The van der Waals surface area contributed by atoms with Gasteiger partial charge in [-0.25, -0.2) is 9.59 Å². The third-order valence-electron chi connectivity index (χ3n) is 2.66. The van der Waals surface area contributed by atoms with E-state index in [1.807, 2.05) is 0 Å². The predicted molar refractivity (Wildman–Crippen MR) is 67.0 cm³/mol. The van der Waals surface area contributed by atoms with Crippen LogP contribution in [0.1, 0.15) is 34.1 Å². The number of nitrogens with one attached hydrogen (secondary N) is 1. The van der Waals surface area contributed by atoms with Gasteiger partial charge in [0.1, 0.15) is 11.1 Å². The van der Waals surface area contributed by atoms with Crippen LogP contribution in [0.15, 0.2) is 12.7 Å². The molecule has 1 fully saturated rings. The molecule has 2 atom stereocenters. The van der Waals surface area contributed by atoms with E-state index in [9.17, 15) is 9.59 Å². The highest BCUT2D eigenvalue weighted by molar-refractivity contribution is 5.90. The molecule has 1 N–H and O–H groups in total. The molecule has 1 amide bonds. The zero-order chi connectivity index (χ0) is 14.0. The first-order valence-electron chi connectivity index (χ1n) is 6.06. The Labute approximate surface area is 108 Å². The number of rotatable bonds is 4. The van der Waals surface area contributed by atoms with Crippen LogP contribution in [0, 0.1) is 5.92 Å². The Morgan fingerprint density at radius 2 is 2.11 bits per heavy atom. The molecule has 0 aromatic rings. The van der Waals surface area contributed by atoms with Gasteiger partial charge in [-0.1, -0.05) is 6.08 Å². The molecular formula is C13H21NO4. The highest BCUT2D eigenvalue weighted by atomic mass is 16.6. The van der Waals surface area contributed by atoms with Crippen molar-refractivity contribution < 1.29 is 19.1 Å². The number of carbonyl (C=O) groups excluding carboxylic acids is 2. The van der Waals surface area contributed by atoms with Crippen LogP contribution in [0.2, 0.25) is 0 Å². The Morgan fingerprint density at radius 1 is 1.50 bits per heavy atom. The van der Waals surface area contributed by atoms with Gasteiger partial charge in [0.2, 0.25) is 0 Å². The molecule has 0 aliphatic heterocycles. The lowest BCUT2D eigenvalue weighted by molar-refractivity contribution is -0.147. The van der Waals surface area contributed by atoms with Gasteiger partial charge in [-0.15, -0.1) is 6.58 Å². The van der Waals surface area contributed by atoms with E-state index in [2.05, 4.69) is 11.9 Å². The third kappa shape index (κ3) is 3.24. The summed E-state index contributed by atoms with van der Waals surface area (Å²) in [6.45, 7) is 10.9. The fraction of sp³-hybridized carbons (Fsp3) is 0.692. The molecule has 5 heteroatoms. The molecule has 0 saturated heterocycles. The molecule has 1 unspecified atom stereocenters. The van der Waals surface area contributed by atoms with Crippen LogP contribution >= 0.6 is 0 Å². The first-order chi connectivity index (χ1) is 8.25. The van der Waals surface area contributed by atoms with Crippen LogP contribution in [0.3, 0.4) is 0 Å². The molecule has 5 nitrogen and oxygen atoms in total. The van der Waals surface area contributed by atoms with Crippen LogP contribution in [-0.4, -0.2) is 29.8 Å². The van der Waals surface area contributed by atoms with Gasteiger partial charge < -0.3 is 14.8 Å². The number of amides is 1. The van der Waals surface area contributed by atoms with Gasteiger partial charge in [0.25, 0.3) is 0 Å². The summed E-state index contributed by atoms with van der Waals surface area (Å²) in [5, 5.41) is 2.60. The maximum Gasteiger partial charge on any atom is 0.408 e. The lowest BCUT2D eigenvalue weighted by atomic mass is 10.2. The fourth-order valence-electron chi connectivity index (χ4n) is 1.75. The molecule has 0 radical (unpaired) electrons. The first kappa shape index (κ1) is 14.5. The Kier molecular flexibility index (Phi) is 4.04. The SMILES string of the molecule is C=CC1C[C@@]1(NC(=O)OC(C)(C)C)C(=O)OCC. The van der Waals surface area contributed by atoms with E-state index in [0.29, 0.717) is 6.42 Å². The smallest absolute Gasteiger partial charge is 0.408 e. The molecular weight excluding hydrogens is 234 g/mol. The van der Waals surface area contributed by atoms with Crippen LogP contribution < -0.4 is 5.32 Å². The first-order valence-corrected chi connectivity index (χ1v) is 6.06. The summed E-state index contributed by atoms with van der Waals surface area (Å²) in [5.41, 5.74) is -1.58. The molecule has 0 heterocycles. The van der Waals surface area contributed by atoms with Gasteiger partial charge in [0.15, 0.2) is 0 Å². The summed E-state index contributed by atoms with van der Waals surface area (Å²) in [5.74, 6) is -0.523. The second-order valence-electron chi connectivity index (χ2n) is 5.37. The van der Waals surface area contributed by atoms with Crippen molar-refractivity contribution in [2.45, 2.75) is 45.3 Å². The van der Waals surface area contributed by atoms with E-state index in [1.165, 1.54) is 0 Å². The van der Waals surface area contributed by atoms with E-state index in [4.69, 9.17) is 9.47 Å². The maximum absolute atomic E-state index is 11.9. The summed E-state index contributed by atoms with van der Waals surface area (Å²) < 4.78 is 10.1. The van der Waals surface area contributed by atoms with Crippen molar-refractivity contribution in [3.63, 3.8) is 0 Å². The standard InChI is InChI=1S/C13H21NO4/c1-6-9-8-13(9,10(15)17-7-2)14-11(16)18-12(3,4)5/h6,9H,1,7-8H2,2-5H3,(H,14,16)/t9?,13-/m0/s1. The molecule has 1 rings (SSSR count). The molecule has 1 saturated carbocycles. The van der Waals surface area contributed by atoms with Crippen LogP contribution in [0.4, 0.5) is 4.79 Å². The normalized spacial score (nSPS) is 26.1. The second-order valence-corrected chi connectivity index (χ2v) is 5.37. The average molecular weight is 255 g/mol. The summed E-state index contributed by atoms with van der Waals surface area (Å²) in [7, 11) is 0. The molecule has 0 bridgehead atoms. The minimum absolute atomic E-state index is 0.0935. The summed E-state index contributed by atoms with van der Waals surface area (Å²) >= 11 is 0. The molecule has 18 heavy (non-hydrogen) atoms. The lowest BCUT2D eigenvalue weighted by Gasteiger charge is -2.23. The Bertz CT molecular complexity index is 358. The molecule has 1 aliphatic carbocycles. The number of carbonyl (C=O) groups is 2. The Balaban J connectivity index is 2.68. The maximum atomic E-state index is 11.9. The molecule has 0 aromatic carbocycles. The number of hydrogen-bond acceptors (Lipinski definition) is 4. The van der Waals surface area contributed by atoms with Crippen LogP contribution in [-0.2, 0) is 14.3 Å². The summed E-state index contributed by atoms with van der Waals surface area (Å²) in [6, 6.07) is 0. The summed E-state index contributed by atoms with van der Waals surface area (Å²) in [6.07, 6.45) is 1.54. The largest absolute Gasteiger partial charge is 0.464 e. The van der Waals surface area contributed by atoms with E-state index < -0.39 is 23.2 Å². The highest BCUT2D eigenvalue weighted by Gasteiger charge is 2.61. The third-order valence-corrected chi connectivity index (χ3v) is 2.66. The minimum Gasteiger partial charge on any atom is -0.464 e. The Hall–Kier alpha value is -1.52. The van der Waals surface area contributed by atoms with Gasteiger partial charge in [0.05, 0.1) is 6.61 Å². The zero-order valence-electron chi connectivity index (χ0n) is 11.4. The average Bonchev–Trinajstić information content (AvgIpc) is 2.90. The Morgan fingerprint density at radius 3 is 2.50 bits per heavy atom. The van der Waals surface area contributed by atoms with Crippen molar-refractivity contribution in [3.05, 3.63) is 12.7 Å². The number of esters is 1. The van der Waals surface area contributed by atoms with Gasteiger partial charge >= 0.3 is 12.1 Å². The summed E-state index contributed by atoms with van der Waals surface area (Å²) in [4.78, 5) is 23.6. The quantitative estimate of drug-likeness (QED) is 0.616. The zero-order valence-corrected chi connectivity index (χ0v) is 11.4. The van der Waals surface area contributed by atoms with Crippen molar-refractivity contribution in [2.75, 3.05) is 6.61 Å². The van der Waals surface area contributed by atoms with Gasteiger partial charge in [-0.2, -0.15) is 0 Å². The molecule has 0 aromatic heterocycles. The van der Waals surface area contributed by atoms with Crippen molar-refractivity contribution in [1.29, 1.82) is 0 Å². The molecule has 102 valence electrons. The van der Waals surface area contributed by atoms with Gasteiger partial charge in [-0.3, -0.25) is 0 Å². The van der Waals surface area contributed by atoms with Crippen molar-refractivity contribution in [1.82, 2.24) is 5.32 Å². The lowest BCUT2D eigenvalue weighted by Crippen LogP contribution is -2.47. The van der Waals surface area contributed by atoms with Crippen LogP contribution in [0.25, 0.3) is 0 Å². The number of ether oxygens (including phenoxy) is 2. The highest BCUT2D eigenvalue weighted by Crippen LogP contribution is 2.45. The monoisotopic (exact) mass is 255 g/mol.